The minimum Gasteiger partial charge on any atom is -0.355 e. The second-order valence-electron chi connectivity index (χ2n) is 8.22. The molecule has 0 fully saturated rings. The van der Waals surface area contributed by atoms with Crippen LogP contribution in [0.15, 0.2) is 89.9 Å². The standard InChI is InChI=1S/C28H31N3/c1-20(2)25-16-11-17-26(21(3)4)28(25)30-19-23(29)18-27(22-12-7-5-8-13-22)31-24-14-9-6-10-15-24/h5-21,29,31H,1-4H3/b27-18-,29-23?,30-19+. The molecular formula is C28H31N3. The van der Waals surface area contributed by atoms with Gasteiger partial charge in [0, 0.05) is 11.4 Å². The molecule has 0 saturated heterocycles. The lowest BCUT2D eigenvalue weighted by molar-refractivity contribution is 0.835. The molecule has 158 valence electrons. The quantitative estimate of drug-likeness (QED) is 0.366. The Morgan fingerprint density at radius 3 is 1.87 bits per heavy atom. The van der Waals surface area contributed by atoms with E-state index in [4.69, 9.17) is 10.4 Å². The molecule has 3 heteroatoms. The fourth-order valence-electron chi connectivity index (χ4n) is 3.47. The molecule has 2 N–H and O–H groups in total. The fraction of sp³-hybridized carbons (Fsp3) is 0.214. The Balaban J connectivity index is 1.94. The van der Waals surface area contributed by atoms with E-state index in [1.165, 1.54) is 11.1 Å². The van der Waals surface area contributed by atoms with Crippen molar-refractivity contribution >= 4 is 29.0 Å². The third-order valence-corrected chi connectivity index (χ3v) is 5.11. The van der Waals surface area contributed by atoms with Gasteiger partial charge in [-0.05, 0) is 46.7 Å². The number of nitrogens with one attached hydrogen (secondary N) is 2. The number of nitrogens with zero attached hydrogens (tertiary/aromatic N) is 1. The van der Waals surface area contributed by atoms with Crippen molar-refractivity contribution in [1.29, 1.82) is 5.41 Å². The lowest BCUT2D eigenvalue weighted by Gasteiger charge is -2.16. The van der Waals surface area contributed by atoms with E-state index in [0.717, 1.165) is 22.6 Å². The molecule has 0 aliphatic rings. The molecule has 3 rings (SSSR count). The number of aliphatic imine (C=N–C) groups is 1. The summed E-state index contributed by atoms with van der Waals surface area (Å²) in [6, 6.07) is 26.5. The highest BCUT2D eigenvalue weighted by Crippen LogP contribution is 2.34. The second-order valence-corrected chi connectivity index (χ2v) is 8.22. The smallest absolute Gasteiger partial charge is 0.0743 e. The summed E-state index contributed by atoms with van der Waals surface area (Å²) in [4.78, 5) is 4.78. The minimum absolute atomic E-state index is 0.343. The van der Waals surface area contributed by atoms with Crippen molar-refractivity contribution < 1.29 is 0 Å². The molecule has 0 heterocycles. The van der Waals surface area contributed by atoms with Gasteiger partial charge in [-0.3, -0.25) is 10.4 Å². The summed E-state index contributed by atoms with van der Waals surface area (Å²) in [5.74, 6) is 0.741. The van der Waals surface area contributed by atoms with Crippen LogP contribution in [0.2, 0.25) is 0 Å². The summed E-state index contributed by atoms with van der Waals surface area (Å²) in [5, 5.41) is 12.0. The van der Waals surface area contributed by atoms with E-state index in [1.807, 2.05) is 66.7 Å². The minimum atomic E-state index is 0.343. The lowest BCUT2D eigenvalue weighted by atomic mass is 9.93. The molecule has 0 unspecified atom stereocenters. The van der Waals surface area contributed by atoms with Crippen molar-refractivity contribution in [2.75, 3.05) is 5.32 Å². The Morgan fingerprint density at radius 2 is 1.32 bits per heavy atom. The third-order valence-electron chi connectivity index (χ3n) is 5.11. The van der Waals surface area contributed by atoms with Crippen LogP contribution in [0.25, 0.3) is 5.70 Å². The number of rotatable bonds is 8. The first-order valence-electron chi connectivity index (χ1n) is 10.8. The summed E-state index contributed by atoms with van der Waals surface area (Å²) in [6.45, 7) is 8.73. The largest absolute Gasteiger partial charge is 0.355 e. The second kappa shape index (κ2) is 10.5. The third kappa shape index (κ3) is 6.02. The Morgan fingerprint density at radius 1 is 0.774 bits per heavy atom. The van der Waals surface area contributed by atoms with Gasteiger partial charge in [-0.1, -0.05) is 94.4 Å². The Hall–Kier alpha value is -3.46. The molecule has 3 aromatic rings. The van der Waals surface area contributed by atoms with Gasteiger partial charge in [0.05, 0.1) is 17.6 Å². The van der Waals surface area contributed by atoms with Crippen LogP contribution in [0, 0.1) is 5.41 Å². The van der Waals surface area contributed by atoms with Gasteiger partial charge in [-0.2, -0.15) is 0 Å². The molecule has 0 aromatic heterocycles. The molecule has 0 spiro atoms. The van der Waals surface area contributed by atoms with E-state index in [0.29, 0.717) is 17.5 Å². The van der Waals surface area contributed by atoms with E-state index in [1.54, 1.807) is 6.21 Å². The first-order chi connectivity index (χ1) is 15.0. The predicted octanol–water partition coefficient (Wildman–Crippen LogP) is 7.81. The van der Waals surface area contributed by atoms with Gasteiger partial charge in [0.15, 0.2) is 0 Å². The number of hydrogen-bond acceptors (Lipinski definition) is 3. The molecule has 0 aliphatic carbocycles. The fourth-order valence-corrected chi connectivity index (χ4v) is 3.47. The number of anilines is 1. The lowest BCUT2D eigenvalue weighted by Crippen LogP contribution is -2.03. The number of benzene rings is 3. The maximum Gasteiger partial charge on any atom is 0.0743 e. The number of para-hydroxylation sites is 2. The maximum absolute atomic E-state index is 8.57. The van der Waals surface area contributed by atoms with E-state index in [9.17, 15) is 0 Å². The van der Waals surface area contributed by atoms with E-state index in [2.05, 4.69) is 51.2 Å². The van der Waals surface area contributed by atoms with Gasteiger partial charge < -0.3 is 5.32 Å². The number of allylic oxidation sites excluding steroid dienone is 1. The molecule has 0 atom stereocenters. The summed E-state index contributed by atoms with van der Waals surface area (Å²) in [7, 11) is 0. The van der Waals surface area contributed by atoms with Crippen molar-refractivity contribution in [1.82, 2.24) is 0 Å². The summed E-state index contributed by atoms with van der Waals surface area (Å²) < 4.78 is 0. The van der Waals surface area contributed by atoms with Gasteiger partial charge in [-0.15, -0.1) is 0 Å². The monoisotopic (exact) mass is 409 g/mol. The van der Waals surface area contributed by atoms with Crippen molar-refractivity contribution in [2.45, 2.75) is 39.5 Å². The van der Waals surface area contributed by atoms with Crippen LogP contribution in [-0.4, -0.2) is 11.9 Å². The summed E-state index contributed by atoms with van der Waals surface area (Å²) in [5.41, 5.74) is 6.63. The molecule has 3 nitrogen and oxygen atoms in total. The van der Waals surface area contributed by atoms with E-state index >= 15 is 0 Å². The zero-order valence-corrected chi connectivity index (χ0v) is 18.8. The average molecular weight is 410 g/mol. The van der Waals surface area contributed by atoms with E-state index in [-0.39, 0.29) is 0 Å². The maximum atomic E-state index is 8.57. The highest BCUT2D eigenvalue weighted by atomic mass is 14.9. The Bertz CT molecular complexity index is 1040. The Kier molecular flexibility index (Phi) is 7.55. The summed E-state index contributed by atoms with van der Waals surface area (Å²) in [6.07, 6.45) is 3.49. The predicted molar refractivity (Wildman–Crippen MR) is 135 cm³/mol. The van der Waals surface area contributed by atoms with Crippen molar-refractivity contribution in [3.05, 3.63) is 102 Å². The van der Waals surface area contributed by atoms with E-state index < -0.39 is 0 Å². The molecule has 3 aromatic carbocycles. The molecular weight excluding hydrogens is 378 g/mol. The molecule has 0 radical (unpaired) electrons. The van der Waals surface area contributed by atoms with Crippen molar-refractivity contribution in [3.63, 3.8) is 0 Å². The van der Waals surface area contributed by atoms with Crippen molar-refractivity contribution in [3.8, 4) is 0 Å². The molecule has 0 saturated carbocycles. The topological polar surface area (TPSA) is 48.2 Å². The molecule has 0 amide bonds. The first kappa shape index (κ1) is 22.2. The average Bonchev–Trinajstić information content (AvgIpc) is 2.78. The SMILES string of the molecule is CC(C)c1cccc(C(C)C)c1/N=C/C(=N)/C=C(\Nc1ccccc1)c1ccccc1. The van der Waals surface area contributed by atoms with Gasteiger partial charge in [0.1, 0.15) is 0 Å². The van der Waals surface area contributed by atoms with Crippen LogP contribution >= 0.6 is 0 Å². The highest BCUT2D eigenvalue weighted by Gasteiger charge is 2.12. The Labute approximate surface area is 186 Å². The van der Waals surface area contributed by atoms with Crippen LogP contribution in [0.5, 0.6) is 0 Å². The zero-order chi connectivity index (χ0) is 22.2. The van der Waals surface area contributed by atoms with Gasteiger partial charge in [0.2, 0.25) is 0 Å². The number of hydrogen-bond donors (Lipinski definition) is 2. The normalized spacial score (nSPS) is 12.0. The molecule has 0 aliphatic heterocycles. The highest BCUT2D eigenvalue weighted by molar-refractivity contribution is 6.36. The van der Waals surface area contributed by atoms with Crippen LogP contribution in [0.3, 0.4) is 0 Å². The van der Waals surface area contributed by atoms with Gasteiger partial charge in [-0.25, -0.2) is 0 Å². The van der Waals surface area contributed by atoms with Crippen LogP contribution in [-0.2, 0) is 0 Å². The first-order valence-corrected chi connectivity index (χ1v) is 10.8. The molecule has 0 bridgehead atoms. The van der Waals surface area contributed by atoms with Crippen LogP contribution < -0.4 is 5.32 Å². The molecule has 31 heavy (non-hydrogen) atoms. The summed E-state index contributed by atoms with van der Waals surface area (Å²) >= 11 is 0. The van der Waals surface area contributed by atoms with Crippen molar-refractivity contribution in [2.24, 2.45) is 4.99 Å². The zero-order valence-electron chi connectivity index (χ0n) is 18.8. The van der Waals surface area contributed by atoms with Crippen LogP contribution in [0.1, 0.15) is 56.2 Å². The van der Waals surface area contributed by atoms with Gasteiger partial charge >= 0.3 is 0 Å². The van der Waals surface area contributed by atoms with Crippen LogP contribution in [0.4, 0.5) is 11.4 Å². The van der Waals surface area contributed by atoms with Gasteiger partial charge in [0.25, 0.3) is 0 Å².